The molecule has 17 heavy (non-hydrogen) atoms. The summed E-state index contributed by atoms with van der Waals surface area (Å²) in [6.45, 7) is 5.13. The van der Waals surface area contributed by atoms with Gasteiger partial charge in [0.25, 0.3) is 0 Å². The second-order valence-electron chi connectivity index (χ2n) is 3.92. The summed E-state index contributed by atoms with van der Waals surface area (Å²) in [6, 6.07) is 8.23. The topological polar surface area (TPSA) is 12.0 Å². The van der Waals surface area contributed by atoms with Gasteiger partial charge in [-0.25, -0.2) is 0 Å². The molecule has 0 bridgehead atoms. The van der Waals surface area contributed by atoms with Crippen LogP contribution in [0.15, 0.2) is 24.3 Å². The van der Waals surface area contributed by atoms with Crippen LogP contribution in [-0.2, 0) is 6.54 Å². The smallest absolute Gasteiger partial charge is 0.0638 e. The van der Waals surface area contributed by atoms with Gasteiger partial charge in [0.05, 0.1) is 10.7 Å². The molecular formula is C13H13ClINS. The molecule has 0 aliphatic carbocycles. The van der Waals surface area contributed by atoms with Gasteiger partial charge in [0, 0.05) is 19.9 Å². The van der Waals surface area contributed by atoms with E-state index >= 15 is 0 Å². The quantitative estimate of drug-likeness (QED) is 0.722. The Morgan fingerprint density at radius 3 is 2.71 bits per heavy atom. The molecule has 1 aromatic heterocycles. The molecule has 1 aromatic carbocycles. The molecule has 4 heteroatoms. The first-order valence-corrected chi connectivity index (χ1v) is 7.58. The first-order valence-electron chi connectivity index (χ1n) is 5.31. The molecule has 1 nitrogen and oxygen atoms in total. The molecule has 2 aromatic rings. The zero-order valence-corrected chi connectivity index (χ0v) is 13.4. The van der Waals surface area contributed by atoms with Crippen molar-refractivity contribution in [2.45, 2.75) is 20.4 Å². The predicted octanol–water partition coefficient (Wildman–Crippen LogP) is 5.24. The summed E-state index contributed by atoms with van der Waals surface area (Å²) in [6.07, 6.45) is 0. The van der Waals surface area contributed by atoms with Crippen LogP contribution in [0.25, 0.3) is 0 Å². The Hall–Kier alpha value is -0.260. The first kappa shape index (κ1) is 13.2. The van der Waals surface area contributed by atoms with Gasteiger partial charge in [0.15, 0.2) is 0 Å². The maximum atomic E-state index is 6.14. The molecule has 1 N–H and O–H groups in total. The molecule has 90 valence electrons. The molecule has 0 amide bonds. The summed E-state index contributed by atoms with van der Waals surface area (Å²) >= 11 is 10.3. The molecule has 0 atom stereocenters. The van der Waals surface area contributed by atoms with E-state index in [1.165, 1.54) is 18.9 Å². The summed E-state index contributed by atoms with van der Waals surface area (Å²) in [7, 11) is 0. The number of aryl methyl sites for hydroxylation is 2. The number of nitrogens with one attached hydrogen (secondary N) is 1. The molecule has 0 aliphatic heterocycles. The van der Waals surface area contributed by atoms with E-state index in [1.54, 1.807) is 0 Å². The maximum absolute atomic E-state index is 6.14. The summed E-state index contributed by atoms with van der Waals surface area (Å²) in [5.74, 6) is 0. The van der Waals surface area contributed by atoms with E-state index in [1.807, 2.05) is 23.5 Å². The lowest BCUT2D eigenvalue weighted by atomic mass is 10.2. The molecule has 0 radical (unpaired) electrons. The summed E-state index contributed by atoms with van der Waals surface area (Å²) in [4.78, 5) is 2.73. The largest absolute Gasteiger partial charge is 0.380 e. The predicted molar refractivity (Wildman–Crippen MR) is 85.3 cm³/mol. The Bertz CT molecular complexity index is 536. The number of hydrogen-bond donors (Lipinski definition) is 1. The van der Waals surface area contributed by atoms with Crippen LogP contribution >= 0.6 is 45.5 Å². The van der Waals surface area contributed by atoms with Gasteiger partial charge in [-0.15, -0.1) is 11.3 Å². The van der Waals surface area contributed by atoms with Gasteiger partial charge in [-0.1, -0.05) is 11.6 Å². The highest BCUT2D eigenvalue weighted by Gasteiger charge is 2.04. The first-order chi connectivity index (χ1) is 8.06. The van der Waals surface area contributed by atoms with Gasteiger partial charge in [-0.3, -0.25) is 0 Å². The second kappa shape index (κ2) is 5.59. The molecule has 0 aliphatic rings. The van der Waals surface area contributed by atoms with E-state index in [0.717, 1.165) is 17.3 Å². The van der Waals surface area contributed by atoms with E-state index in [-0.39, 0.29) is 0 Å². The van der Waals surface area contributed by atoms with Gasteiger partial charge in [0.2, 0.25) is 0 Å². The van der Waals surface area contributed by atoms with Crippen molar-refractivity contribution in [2.24, 2.45) is 0 Å². The lowest BCUT2D eigenvalue weighted by molar-refractivity contribution is 1.14. The van der Waals surface area contributed by atoms with Crippen LogP contribution in [0.1, 0.15) is 15.3 Å². The van der Waals surface area contributed by atoms with Crippen LogP contribution in [0.2, 0.25) is 5.02 Å². The van der Waals surface area contributed by atoms with Crippen molar-refractivity contribution in [3.05, 3.63) is 48.2 Å². The van der Waals surface area contributed by atoms with Gasteiger partial charge < -0.3 is 5.32 Å². The van der Waals surface area contributed by atoms with Crippen molar-refractivity contribution >= 4 is 51.2 Å². The minimum atomic E-state index is 0.773. The Labute approximate surface area is 124 Å². The monoisotopic (exact) mass is 377 g/mol. The number of anilines is 1. The zero-order chi connectivity index (χ0) is 12.4. The summed E-state index contributed by atoms with van der Waals surface area (Å²) in [5.41, 5.74) is 2.35. The van der Waals surface area contributed by atoms with Crippen molar-refractivity contribution in [3.63, 3.8) is 0 Å². The summed E-state index contributed by atoms with van der Waals surface area (Å²) in [5, 5.41) is 4.17. The molecule has 0 saturated carbocycles. The van der Waals surface area contributed by atoms with Crippen LogP contribution in [0, 0.1) is 17.4 Å². The number of hydrogen-bond acceptors (Lipinski definition) is 2. The Morgan fingerprint density at radius 2 is 2.06 bits per heavy atom. The normalized spacial score (nSPS) is 10.6. The van der Waals surface area contributed by atoms with Crippen LogP contribution in [-0.4, -0.2) is 0 Å². The van der Waals surface area contributed by atoms with Gasteiger partial charge in [-0.2, -0.15) is 0 Å². The van der Waals surface area contributed by atoms with E-state index in [0.29, 0.717) is 0 Å². The lowest BCUT2D eigenvalue weighted by Crippen LogP contribution is -2.00. The number of benzene rings is 1. The van der Waals surface area contributed by atoms with Gasteiger partial charge in [-0.05, 0) is 66.3 Å². The average molecular weight is 378 g/mol. The zero-order valence-electron chi connectivity index (χ0n) is 9.68. The van der Waals surface area contributed by atoms with E-state index in [4.69, 9.17) is 11.6 Å². The Morgan fingerprint density at radius 1 is 1.29 bits per heavy atom. The molecule has 0 spiro atoms. The highest BCUT2D eigenvalue weighted by molar-refractivity contribution is 14.1. The second-order valence-corrected chi connectivity index (χ2v) is 7.03. The molecule has 0 fully saturated rings. The van der Waals surface area contributed by atoms with E-state index < -0.39 is 0 Å². The minimum Gasteiger partial charge on any atom is -0.380 e. The fraction of sp³-hybridized carbons (Fsp3) is 0.231. The summed E-state index contributed by atoms with van der Waals surface area (Å²) < 4.78 is 1.19. The van der Waals surface area contributed by atoms with Crippen LogP contribution < -0.4 is 5.32 Å². The van der Waals surface area contributed by atoms with Crippen molar-refractivity contribution in [3.8, 4) is 0 Å². The third kappa shape index (κ3) is 3.36. The molecule has 1 heterocycles. The SMILES string of the molecule is Cc1cc(CNc2cc(I)ccc2Cl)c(C)s1. The minimum absolute atomic E-state index is 0.773. The number of thiophene rings is 1. The molecule has 0 unspecified atom stereocenters. The van der Waals surface area contributed by atoms with E-state index in [9.17, 15) is 0 Å². The molecule has 2 rings (SSSR count). The average Bonchev–Trinajstić information content (AvgIpc) is 2.59. The van der Waals surface area contributed by atoms with Crippen molar-refractivity contribution in [1.82, 2.24) is 0 Å². The number of rotatable bonds is 3. The van der Waals surface area contributed by atoms with Crippen LogP contribution in [0.5, 0.6) is 0 Å². The fourth-order valence-corrected chi connectivity index (χ4v) is 3.30. The third-order valence-electron chi connectivity index (χ3n) is 2.54. The standard InChI is InChI=1S/C13H13ClINS/c1-8-5-10(9(2)17-8)7-16-13-6-11(15)3-4-12(13)14/h3-6,16H,7H2,1-2H3. The fourth-order valence-electron chi connectivity index (χ4n) is 1.68. The Kier molecular flexibility index (Phi) is 4.33. The van der Waals surface area contributed by atoms with Crippen LogP contribution in [0.3, 0.4) is 0 Å². The van der Waals surface area contributed by atoms with Gasteiger partial charge >= 0.3 is 0 Å². The van der Waals surface area contributed by atoms with Gasteiger partial charge in [0.1, 0.15) is 0 Å². The maximum Gasteiger partial charge on any atom is 0.0638 e. The Balaban J connectivity index is 2.12. The van der Waals surface area contributed by atoms with Crippen molar-refractivity contribution in [1.29, 1.82) is 0 Å². The van der Waals surface area contributed by atoms with E-state index in [2.05, 4.69) is 53.9 Å². The molecule has 0 saturated heterocycles. The van der Waals surface area contributed by atoms with Crippen molar-refractivity contribution in [2.75, 3.05) is 5.32 Å². The number of halogens is 2. The highest BCUT2D eigenvalue weighted by Crippen LogP contribution is 2.26. The molecular weight excluding hydrogens is 365 g/mol. The third-order valence-corrected chi connectivity index (χ3v) is 4.55. The highest BCUT2D eigenvalue weighted by atomic mass is 127. The van der Waals surface area contributed by atoms with Crippen molar-refractivity contribution < 1.29 is 0 Å². The lowest BCUT2D eigenvalue weighted by Gasteiger charge is -2.08. The van der Waals surface area contributed by atoms with Crippen LogP contribution in [0.4, 0.5) is 5.69 Å².